The molecule has 0 N–H and O–H groups in total. The second-order valence-electron chi connectivity index (χ2n) is 12.0. The Hall–Kier alpha value is -1.50. The molecular formula is C33H52O. The van der Waals surface area contributed by atoms with Crippen LogP contribution in [0, 0.1) is 23.7 Å². The van der Waals surface area contributed by atoms with Gasteiger partial charge < -0.3 is 4.74 Å². The molecule has 190 valence electrons. The Labute approximate surface area is 211 Å². The lowest BCUT2D eigenvalue weighted by Crippen LogP contribution is -2.20. The molecule has 0 radical (unpaired) electrons. The van der Waals surface area contributed by atoms with Crippen molar-refractivity contribution >= 4 is 0 Å². The Morgan fingerprint density at radius 3 is 2.29 bits per heavy atom. The summed E-state index contributed by atoms with van der Waals surface area (Å²) in [6.07, 6.45) is 23.7. The van der Waals surface area contributed by atoms with Crippen molar-refractivity contribution in [1.82, 2.24) is 0 Å². The van der Waals surface area contributed by atoms with Crippen molar-refractivity contribution in [3.63, 3.8) is 0 Å². The molecule has 1 nitrogen and oxygen atoms in total. The molecule has 0 amide bonds. The Kier molecular flexibility index (Phi) is 11.8. The number of benzene rings is 1. The summed E-state index contributed by atoms with van der Waals surface area (Å²) in [5.74, 6) is 4.45. The third kappa shape index (κ3) is 10.4. The van der Waals surface area contributed by atoms with E-state index in [-0.39, 0.29) is 0 Å². The van der Waals surface area contributed by atoms with Crippen LogP contribution in [0.3, 0.4) is 0 Å². The van der Waals surface area contributed by atoms with Gasteiger partial charge in [-0.1, -0.05) is 68.5 Å². The minimum absolute atomic E-state index is 0.744. The van der Waals surface area contributed by atoms with Gasteiger partial charge in [0.25, 0.3) is 0 Å². The van der Waals surface area contributed by atoms with Crippen molar-refractivity contribution in [3.8, 4) is 5.75 Å². The van der Waals surface area contributed by atoms with E-state index in [0.29, 0.717) is 0 Å². The zero-order valence-electron chi connectivity index (χ0n) is 22.8. The molecule has 2 aliphatic carbocycles. The number of hydrogen-bond donors (Lipinski definition) is 0. The van der Waals surface area contributed by atoms with E-state index in [2.05, 4.69) is 64.1 Å². The topological polar surface area (TPSA) is 9.23 Å². The van der Waals surface area contributed by atoms with Crippen molar-refractivity contribution in [3.05, 3.63) is 53.1 Å². The van der Waals surface area contributed by atoms with E-state index >= 15 is 0 Å². The third-order valence-corrected chi connectivity index (χ3v) is 8.24. The normalized spacial score (nSPS) is 23.0. The summed E-state index contributed by atoms with van der Waals surface area (Å²) in [4.78, 5) is 0. The van der Waals surface area contributed by atoms with Gasteiger partial charge in [0, 0.05) is 0 Å². The van der Waals surface area contributed by atoms with Gasteiger partial charge in [0.1, 0.15) is 5.75 Å². The summed E-state index contributed by atoms with van der Waals surface area (Å²) >= 11 is 0. The lowest BCUT2D eigenvalue weighted by atomic mass is 9.80. The molecule has 0 heterocycles. The number of hydrogen-bond acceptors (Lipinski definition) is 1. The molecule has 1 aromatic rings. The first kappa shape index (κ1) is 27.1. The Morgan fingerprint density at radius 2 is 1.65 bits per heavy atom. The van der Waals surface area contributed by atoms with Crippen LogP contribution in [0.1, 0.15) is 117 Å². The average Bonchev–Trinajstić information content (AvgIpc) is 2.83. The minimum Gasteiger partial charge on any atom is -0.493 e. The van der Waals surface area contributed by atoms with E-state index < -0.39 is 0 Å². The molecule has 1 atom stereocenters. The lowest BCUT2D eigenvalue weighted by Gasteiger charge is -2.28. The molecule has 0 aliphatic heterocycles. The first-order valence-corrected chi connectivity index (χ1v) is 14.5. The summed E-state index contributed by atoms with van der Waals surface area (Å²) in [6, 6.07) is 9.00. The van der Waals surface area contributed by atoms with Crippen LogP contribution in [0.4, 0.5) is 0 Å². The highest BCUT2D eigenvalue weighted by Crippen LogP contribution is 2.33. The van der Waals surface area contributed by atoms with Gasteiger partial charge in [-0.2, -0.15) is 0 Å². The second-order valence-corrected chi connectivity index (χ2v) is 12.0. The van der Waals surface area contributed by atoms with Gasteiger partial charge in [-0.25, -0.2) is 0 Å². The third-order valence-electron chi connectivity index (χ3n) is 8.24. The summed E-state index contributed by atoms with van der Waals surface area (Å²) in [5, 5.41) is 0. The van der Waals surface area contributed by atoms with E-state index in [1.807, 2.05) is 0 Å². The zero-order valence-corrected chi connectivity index (χ0v) is 22.8. The van der Waals surface area contributed by atoms with Gasteiger partial charge in [-0.15, -0.1) is 0 Å². The fourth-order valence-corrected chi connectivity index (χ4v) is 5.80. The Morgan fingerprint density at radius 1 is 0.912 bits per heavy atom. The van der Waals surface area contributed by atoms with E-state index in [1.165, 1.54) is 101 Å². The summed E-state index contributed by atoms with van der Waals surface area (Å²) in [7, 11) is 0. The van der Waals surface area contributed by atoms with E-state index in [4.69, 9.17) is 4.74 Å². The van der Waals surface area contributed by atoms with Crippen LogP contribution < -0.4 is 4.74 Å². The van der Waals surface area contributed by atoms with Crippen molar-refractivity contribution in [2.24, 2.45) is 23.7 Å². The highest BCUT2D eigenvalue weighted by molar-refractivity contribution is 5.27. The second kappa shape index (κ2) is 14.8. The fraction of sp³-hybridized carbons (Fsp3) is 0.697. The monoisotopic (exact) mass is 464 g/mol. The van der Waals surface area contributed by atoms with Crippen molar-refractivity contribution in [1.29, 1.82) is 0 Å². The van der Waals surface area contributed by atoms with Gasteiger partial charge in [0.2, 0.25) is 0 Å². The van der Waals surface area contributed by atoms with E-state index in [0.717, 1.165) is 36.0 Å². The summed E-state index contributed by atoms with van der Waals surface area (Å²) in [5.41, 5.74) is 4.66. The zero-order chi connectivity index (χ0) is 24.2. The fourth-order valence-electron chi connectivity index (χ4n) is 5.80. The Balaban J connectivity index is 1.29. The molecule has 1 aromatic carbocycles. The quantitative estimate of drug-likeness (QED) is 0.264. The standard InChI is InChI=1S/C33H52O/c1-26(2)7-5-9-28-11-13-30(14-12-28)15-16-31-21-23-33(24-22-31)34-25-32-19-17-29(18-20-32)10-6-8-27(3)4/h8,11,21-24,26,29-30,32H,5-7,9-10,12-20,25H2,1-4H3. The minimum atomic E-state index is 0.744. The van der Waals surface area contributed by atoms with Crippen molar-refractivity contribution in [2.75, 3.05) is 6.61 Å². The Bertz CT molecular complexity index is 741. The van der Waals surface area contributed by atoms with Gasteiger partial charge in [0.05, 0.1) is 6.61 Å². The van der Waals surface area contributed by atoms with Crippen LogP contribution in [-0.4, -0.2) is 6.61 Å². The highest BCUT2D eigenvalue weighted by Gasteiger charge is 2.21. The molecule has 0 spiro atoms. The van der Waals surface area contributed by atoms with E-state index in [1.54, 1.807) is 5.57 Å². The average molecular weight is 465 g/mol. The number of ether oxygens (including phenoxy) is 1. The summed E-state index contributed by atoms with van der Waals surface area (Å²) in [6.45, 7) is 9.99. The molecule has 0 saturated heterocycles. The molecule has 3 rings (SSSR count). The van der Waals surface area contributed by atoms with Crippen LogP contribution in [-0.2, 0) is 6.42 Å². The van der Waals surface area contributed by atoms with Gasteiger partial charge >= 0.3 is 0 Å². The van der Waals surface area contributed by atoms with Crippen LogP contribution in [0.15, 0.2) is 47.6 Å². The van der Waals surface area contributed by atoms with Crippen LogP contribution in [0.2, 0.25) is 0 Å². The van der Waals surface area contributed by atoms with Crippen LogP contribution in [0.25, 0.3) is 0 Å². The first-order valence-electron chi connectivity index (χ1n) is 14.5. The molecule has 0 bridgehead atoms. The van der Waals surface area contributed by atoms with Crippen molar-refractivity contribution < 1.29 is 4.74 Å². The molecule has 0 aromatic heterocycles. The molecule has 34 heavy (non-hydrogen) atoms. The van der Waals surface area contributed by atoms with Gasteiger partial charge in [-0.05, 0) is 126 Å². The molecule has 2 aliphatic rings. The van der Waals surface area contributed by atoms with Gasteiger partial charge in [-0.3, -0.25) is 0 Å². The lowest BCUT2D eigenvalue weighted by molar-refractivity contribution is 0.179. The SMILES string of the molecule is CC(C)=CCCC1CCC(COc2ccc(CCC3CC=C(CCCC(C)C)CC3)cc2)CC1. The summed E-state index contributed by atoms with van der Waals surface area (Å²) < 4.78 is 6.18. The smallest absolute Gasteiger partial charge is 0.119 e. The van der Waals surface area contributed by atoms with E-state index in [9.17, 15) is 0 Å². The van der Waals surface area contributed by atoms with Crippen LogP contribution in [0.5, 0.6) is 5.75 Å². The largest absolute Gasteiger partial charge is 0.493 e. The maximum atomic E-state index is 6.18. The van der Waals surface area contributed by atoms with Crippen LogP contribution >= 0.6 is 0 Å². The molecule has 1 unspecified atom stereocenters. The number of allylic oxidation sites excluding steroid dienone is 4. The molecule has 1 heteroatoms. The number of rotatable bonds is 13. The highest BCUT2D eigenvalue weighted by atomic mass is 16.5. The first-order chi connectivity index (χ1) is 16.5. The molecule has 1 fully saturated rings. The van der Waals surface area contributed by atoms with Gasteiger partial charge in [0.15, 0.2) is 0 Å². The maximum absolute atomic E-state index is 6.18. The molecule has 1 saturated carbocycles. The predicted octanol–water partition coefficient (Wildman–Crippen LogP) is 10.1. The predicted molar refractivity (Wildman–Crippen MR) is 148 cm³/mol. The molecular weight excluding hydrogens is 412 g/mol. The van der Waals surface area contributed by atoms with Crippen molar-refractivity contribution in [2.45, 2.75) is 118 Å². The maximum Gasteiger partial charge on any atom is 0.119 e. The number of aryl methyl sites for hydroxylation is 1.